The summed E-state index contributed by atoms with van der Waals surface area (Å²) in [5.74, 6) is -2.00. The van der Waals surface area contributed by atoms with Gasteiger partial charge in [-0.3, -0.25) is 0 Å². The molecule has 0 unspecified atom stereocenters. The maximum atomic E-state index is 11.2. The van der Waals surface area contributed by atoms with Gasteiger partial charge in [-0.1, -0.05) is 43.5 Å². The smallest absolute Gasteiger partial charge is 0.336 e. The maximum Gasteiger partial charge on any atom is 0.336 e. The third-order valence-corrected chi connectivity index (χ3v) is 3.77. The lowest BCUT2D eigenvalue weighted by atomic mass is 9.83. The van der Waals surface area contributed by atoms with Gasteiger partial charge in [-0.15, -0.1) is 0 Å². The zero-order valence-electron chi connectivity index (χ0n) is 11.2. The Bertz CT molecular complexity index is 539. The van der Waals surface area contributed by atoms with Gasteiger partial charge in [-0.05, 0) is 29.9 Å². The summed E-state index contributed by atoms with van der Waals surface area (Å²) in [5.41, 5.74) is 1.40. The fraction of sp³-hybridized carbons (Fsp3) is 0.375. The molecule has 0 aliphatic heterocycles. The Hall–Kier alpha value is -2.10. The monoisotopic (exact) mass is 274 g/mol. The first-order valence-electron chi connectivity index (χ1n) is 6.86. The number of carbonyl (C=O) groups is 2. The predicted molar refractivity (Wildman–Crippen MR) is 75.5 cm³/mol. The van der Waals surface area contributed by atoms with Crippen molar-refractivity contribution < 1.29 is 19.8 Å². The van der Waals surface area contributed by atoms with E-state index < -0.39 is 11.9 Å². The van der Waals surface area contributed by atoms with Crippen LogP contribution in [0.1, 0.15) is 49.1 Å². The lowest BCUT2D eigenvalue weighted by molar-refractivity contribution is -0.133. The van der Waals surface area contributed by atoms with Crippen LogP contribution in [-0.2, 0) is 9.59 Å². The van der Waals surface area contributed by atoms with Gasteiger partial charge in [-0.2, -0.15) is 0 Å². The van der Waals surface area contributed by atoms with Crippen LogP contribution in [0.5, 0.6) is 0 Å². The van der Waals surface area contributed by atoms with Crippen LogP contribution in [0.25, 0.3) is 5.57 Å². The van der Waals surface area contributed by atoms with Crippen molar-refractivity contribution in [3.05, 3.63) is 41.5 Å². The molecule has 20 heavy (non-hydrogen) atoms. The molecule has 4 heteroatoms. The van der Waals surface area contributed by atoms with Crippen LogP contribution in [0.15, 0.2) is 30.3 Å². The number of benzene rings is 1. The van der Waals surface area contributed by atoms with Crippen molar-refractivity contribution >= 4 is 17.5 Å². The SMILES string of the molecule is O=C(O)/C=C(\C(=O)O)c1cccc(C2CCCCC2)c1. The van der Waals surface area contributed by atoms with E-state index in [1.807, 2.05) is 12.1 Å². The molecule has 0 amide bonds. The van der Waals surface area contributed by atoms with Gasteiger partial charge in [0.05, 0.1) is 5.57 Å². The molecule has 1 aromatic rings. The molecule has 0 radical (unpaired) electrons. The first kappa shape index (κ1) is 14.3. The van der Waals surface area contributed by atoms with Crippen molar-refractivity contribution in [3.8, 4) is 0 Å². The minimum atomic E-state index is -1.24. The van der Waals surface area contributed by atoms with E-state index in [1.54, 1.807) is 12.1 Å². The third kappa shape index (κ3) is 3.47. The van der Waals surface area contributed by atoms with Crippen LogP contribution in [0, 0.1) is 0 Å². The topological polar surface area (TPSA) is 74.6 Å². The van der Waals surface area contributed by atoms with Gasteiger partial charge in [0.2, 0.25) is 0 Å². The van der Waals surface area contributed by atoms with Crippen LogP contribution in [0.3, 0.4) is 0 Å². The van der Waals surface area contributed by atoms with Gasteiger partial charge in [-0.25, -0.2) is 9.59 Å². The van der Waals surface area contributed by atoms with Crippen molar-refractivity contribution in [2.75, 3.05) is 0 Å². The zero-order valence-corrected chi connectivity index (χ0v) is 11.2. The average Bonchev–Trinajstić information content (AvgIpc) is 2.45. The molecule has 0 spiro atoms. The first-order chi connectivity index (χ1) is 9.58. The third-order valence-electron chi connectivity index (χ3n) is 3.77. The summed E-state index contributed by atoms with van der Waals surface area (Å²) in [6, 6.07) is 7.27. The minimum absolute atomic E-state index is 0.171. The molecular weight excluding hydrogens is 256 g/mol. The summed E-state index contributed by atoms with van der Waals surface area (Å²) in [5, 5.41) is 17.9. The average molecular weight is 274 g/mol. The molecule has 106 valence electrons. The number of hydrogen-bond donors (Lipinski definition) is 2. The lowest BCUT2D eigenvalue weighted by Gasteiger charge is -2.22. The highest BCUT2D eigenvalue weighted by atomic mass is 16.4. The number of carboxylic acids is 2. The first-order valence-corrected chi connectivity index (χ1v) is 6.86. The quantitative estimate of drug-likeness (QED) is 0.826. The molecule has 0 heterocycles. The largest absolute Gasteiger partial charge is 0.478 e. The molecule has 2 N–H and O–H groups in total. The highest BCUT2D eigenvalue weighted by molar-refractivity contribution is 6.19. The Balaban J connectivity index is 2.32. The molecule has 0 bridgehead atoms. The molecule has 1 saturated carbocycles. The Morgan fingerprint density at radius 1 is 1.10 bits per heavy atom. The van der Waals surface area contributed by atoms with E-state index in [0.29, 0.717) is 11.5 Å². The van der Waals surface area contributed by atoms with Crippen LogP contribution in [0.2, 0.25) is 0 Å². The maximum absolute atomic E-state index is 11.2. The fourth-order valence-electron chi connectivity index (χ4n) is 2.79. The lowest BCUT2D eigenvalue weighted by Crippen LogP contribution is -2.07. The minimum Gasteiger partial charge on any atom is -0.478 e. The molecular formula is C16H18O4. The van der Waals surface area contributed by atoms with Crippen LogP contribution >= 0.6 is 0 Å². The van der Waals surface area contributed by atoms with Crippen molar-refractivity contribution in [3.63, 3.8) is 0 Å². The van der Waals surface area contributed by atoms with Crippen molar-refractivity contribution in [2.24, 2.45) is 0 Å². The van der Waals surface area contributed by atoms with Gasteiger partial charge >= 0.3 is 11.9 Å². The van der Waals surface area contributed by atoms with Crippen molar-refractivity contribution in [1.82, 2.24) is 0 Å². The van der Waals surface area contributed by atoms with Crippen LogP contribution in [0.4, 0.5) is 0 Å². The summed E-state index contributed by atoms with van der Waals surface area (Å²) >= 11 is 0. The summed E-state index contributed by atoms with van der Waals surface area (Å²) in [7, 11) is 0. The molecule has 1 aliphatic rings. The molecule has 4 nitrogen and oxygen atoms in total. The molecule has 1 fully saturated rings. The molecule has 1 aromatic carbocycles. The van der Waals surface area contributed by atoms with Crippen molar-refractivity contribution in [2.45, 2.75) is 38.0 Å². The van der Waals surface area contributed by atoms with E-state index in [2.05, 4.69) is 0 Å². The Morgan fingerprint density at radius 3 is 2.40 bits per heavy atom. The molecule has 0 atom stereocenters. The highest BCUT2D eigenvalue weighted by Crippen LogP contribution is 2.33. The number of rotatable bonds is 4. The predicted octanol–water partition coefficient (Wildman–Crippen LogP) is 3.29. The van der Waals surface area contributed by atoms with E-state index in [-0.39, 0.29) is 5.57 Å². The summed E-state index contributed by atoms with van der Waals surface area (Å²) in [6.07, 6.45) is 6.65. The zero-order chi connectivity index (χ0) is 14.5. The van der Waals surface area contributed by atoms with E-state index in [4.69, 9.17) is 10.2 Å². The highest BCUT2D eigenvalue weighted by Gasteiger charge is 2.18. The van der Waals surface area contributed by atoms with Crippen molar-refractivity contribution in [1.29, 1.82) is 0 Å². The van der Waals surface area contributed by atoms with E-state index in [1.165, 1.54) is 19.3 Å². The van der Waals surface area contributed by atoms with E-state index >= 15 is 0 Å². The molecule has 2 rings (SSSR count). The number of hydrogen-bond acceptors (Lipinski definition) is 2. The number of carboxylic acid groups (broad SMARTS) is 2. The Labute approximate surface area is 117 Å². The second-order valence-corrected chi connectivity index (χ2v) is 5.16. The van der Waals surface area contributed by atoms with Gasteiger partial charge in [0.1, 0.15) is 0 Å². The van der Waals surface area contributed by atoms with Gasteiger partial charge in [0, 0.05) is 6.08 Å². The normalized spacial score (nSPS) is 16.9. The van der Waals surface area contributed by atoms with Gasteiger partial charge in [0.25, 0.3) is 0 Å². The summed E-state index contributed by atoms with van der Waals surface area (Å²) in [4.78, 5) is 21.9. The summed E-state index contributed by atoms with van der Waals surface area (Å²) in [6.45, 7) is 0. The Kier molecular flexibility index (Phi) is 4.56. The van der Waals surface area contributed by atoms with E-state index in [0.717, 1.165) is 24.5 Å². The molecule has 0 aromatic heterocycles. The molecule has 0 saturated heterocycles. The number of aliphatic carboxylic acids is 2. The summed E-state index contributed by atoms with van der Waals surface area (Å²) < 4.78 is 0. The standard InChI is InChI=1S/C16H18O4/c17-15(18)10-14(16(19)20)13-8-4-7-12(9-13)11-5-2-1-3-6-11/h4,7-11H,1-3,5-6H2,(H,17,18)(H,19,20)/b14-10-. The van der Waals surface area contributed by atoms with Crippen LogP contribution < -0.4 is 0 Å². The van der Waals surface area contributed by atoms with E-state index in [9.17, 15) is 9.59 Å². The van der Waals surface area contributed by atoms with Gasteiger partial charge in [0.15, 0.2) is 0 Å². The van der Waals surface area contributed by atoms with Gasteiger partial charge < -0.3 is 10.2 Å². The Morgan fingerprint density at radius 2 is 1.80 bits per heavy atom. The second kappa shape index (κ2) is 6.37. The fourth-order valence-corrected chi connectivity index (χ4v) is 2.79. The second-order valence-electron chi connectivity index (χ2n) is 5.16. The molecule has 1 aliphatic carbocycles. The van der Waals surface area contributed by atoms with Crippen LogP contribution in [-0.4, -0.2) is 22.2 Å².